The number of benzene rings is 2. The second kappa shape index (κ2) is 8.95. The molecule has 28 heavy (non-hydrogen) atoms. The molecule has 0 aliphatic rings. The van der Waals surface area contributed by atoms with Gasteiger partial charge in [-0.25, -0.2) is 14.6 Å². The smallest absolute Gasteiger partial charge is 0.332 e. The van der Waals surface area contributed by atoms with E-state index >= 15 is 0 Å². The van der Waals surface area contributed by atoms with E-state index in [-0.39, 0.29) is 12.2 Å². The fraction of sp³-hybridized carbons (Fsp3) is 0.211. The van der Waals surface area contributed by atoms with Crippen LogP contribution < -0.4 is 21.7 Å². The number of ether oxygens (including phenoxy) is 1. The first kappa shape index (κ1) is 20.0. The zero-order valence-electron chi connectivity index (χ0n) is 15.0. The zero-order valence-corrected chi connectivity index (χ0v) is 16.5. The molecule has 0 aliphatic heterocycles. The normalized spacial score (nSPS) is 11.6. The van der Waals surface area contributed by atoms with Gasteiger partial charge in [0.1, 0.15) is 5.75 Å². The fourth-order valence-corrected chi connectivity index (χ4v) is 2.83. The number of nitrogens with one attached hydrogen (secondary N) is 2. The van der Waals surface area contributed by atoms with E-state index in [0.29, 0.717) is 28.1 Å². The molecule has 2 N–H and O–H groups in total. The highest BCUT2D eigenvalue weighted by atomic mass is 35.5. The minimum Gasteiger partial charge on any atom is -0.492 e. The Hall–Kier alpha value is -2.77. The molecule has 0 saturated carbocycles. The molecule has 1 heterocycles. The average molecular weight is 421 g/mol. The molecule has 0 saturated heterocycles. The van der Waals surface area contributed by atoms with E-state index in [0.717, 1.165) is 12.0 Å². The first-order valence-corrected chi connectivity index (χ1v) is 9.37. The van der Waals surface area contributed by atoms with Gasteiger partial charge in [0.15, 0.2) is 0 Å². The Balaban J connectivity index is 2.03. The quantitative estimate of drug-likeness (QED) is 0.640. The first-order valence-electron chi connectivity index (χ1n) is 8.61. The highest BCUT2D eigenvalue weighted by molar-refractivity contribution is 6.32. The van der Waals surface area contributed by atoms with Crippen LogP contribution in [0, 0.1) is 0 Å². The van der Waals surface area contributed by atoms with Gasteiger partial charge in [0.05, 0.1) is 23.9 Å². The maximum atomic E-state index is 12.3. The van der Waals surface area contributed by atoms with Crippen LogP contribution in [0.5, 0.6) is 5.75 Å². The van der Waals surface area contributed by atoms with Gasteiger partial charge >= 0.3 is 11.4 Å². The van der Waals surface area contributed by atoms with Crippen molar-refractivity contribution in [3.63, 3.8) is 0 Å². The molecule has 1 aromatic heterocycles. The molecule has 0 spiro atoms. The standard InChI is InChI=1S/C19H18Cl2N4O3/c1-2-9-28-16-8-7-14(10-15(16)21)22-17-23-18(26)24-19(27)25(17)11-12-3-5-13(20)6-4-12/h3-8,10H,2,9,11H2,1H3,(H2,22,23,24,26,27). The molecule has 0 radical (unpaired) electrons. The molecule has 0 aliphatic carbocycles. The number of hydrogen-bond acceptors (Lipinski definition) is 4. The lowest BCUT2D eigenvalue weighted by Gasteiger charge is -2.08. The van der Waals surface area contributed by atoms with Crippen LogP contribution >= 0.6 is 23.2 Å². The third-order valence-electron chi connectivity index (χ3n) is 3.81. The van der Waals surface area contributed by atoms with Crippen LogP contribution in [-0.2, 0) is 6.54 Å². The van der Waals surface area contributed by atoms with Gasteiger partial charge in [-0.05, 0) is 42.3 Å². The van der Waals surface area contributed by atoms with Crippen molar-refractivity contribution >= 4 is 28.9 Å². The summed E-state index contributed by atoms with van der Waals surface area (Å²) in [5.41, 5.74) is 0.170. The van der Waals surface area contributed by atoms with Gasteiger partial charge in [0.2, 0.25) is 5.62 Å². The second-order valence-corrected chi connectivity index (χ2v) is 6.84. The number of rotatable bonds is 6. The van der Waals surface area contributed by atoms with E-state index in [1.165, 1.54) is 4.57 Å². The van der Waals surface area contributed by atoms with Gasteiger partial charge in [-0.1, -0.05) is 42.3 Å². The maximum absolute atomic E-state index is 12.3. The predicted octanol–water partition coefficient (Wildman–Crippen LogP) is 3.24. The Labute approximate surface area is 170 Å². The van der Waals surface area contributed by atoms with Crippen molar-refractivity contribution < 1.29 is 4.74 Å². The second-order valence-electron chi connectivity index (χ2n) is 6.00. The molecule has 2 aromatic carbocycles. The third kappa shape index (κ3) is 4.94. The van der Waals surface area contributed by atoms with Crippen LogP contribution in [0.15, 0.2) is 57.0 Å². The monoisotopic (exact) mass is 420 g/mol. The summed E-state index contributed by atoms with van der Waals surface area (Å²) in [5, 5.41) is 0.986. The molecule has 7 nitrogen and oxygen atoms in total. The van der Waals surface area contributed by atoms with E-state index in [1.54, 1.807) is 42.5 Å². The van der Waals surface area contributed by atoms with Crippen LogP contribution in [0.4, 0.5) is 5.69 Å². The van der Waals surface area contributed by atoms with Crippen molar-refractivity contribution in [2.75, 3.05) is 6.61 Å². The summed E-state index contributed by atoms with van der Waals surface area (Å²) >= 11 is 12.1. The number of nitrogens with zero attached hydrogens (tertiary/aromatic N) is 2. The number of hydrogen-bond donors (Lipinski definition) is 2. The van der Waals surface area contributed by atoms with E-state index in [9.17, 15) is 9.59 Å². The molecule has 3 aromatic rings. The summed E-state index contributed by atoms with van der Waals surface area (Å²) < 4.78 is 6.86. The van der Waals surface area contributed by atoms with Crippen LogP contribution in [0.25, 0.3) is 0 Å². The fourth-order valence-electron chi connectivity index (χ4n) is 2.48. The summed E-state index contributed by atoms with van der Waals surface area (Å²) in [4.78, 5) is 33.2. The summed E-state index contributed by atoms with van der Waals surface area (Å²) in [7, 11) is 0. The SMILES string of the molecule is CCCOc1ccc(/N=c2\[nH]c(=O)[nH]c(=O)n2Cc2ccc(Cl)cc2)cc1Cl. The van der Waals surface area contributed by atoms with E-state index in [4.69, 9.17) is 27.9 Å². The molecule has 0 atom stereocenters. The summed E-state index contributed by atoms with van der Waals surface area (Å²) in [6, 6.07) is 12.0. The first-order chi connectivity index (χ1) is 13.5. The lowest BCUT2D eigenvalue weighted by atomic mass is 10.2. The van der Waals surface area contributed by atoms with Crippen LogP contribution in [0.3, 0.4) is 0 Å². The average Bonchev–Trinajstić information content (AvgIpc) is 2.65. The molecule has 0 unspecified atom stereocenters. The molecular formula is C19H18Cl2N4O3. The third-order valence-corrected chi connectivity index (χ3v) is 4.36. The predicted molar refractivity (Wildman–Crippen MR) is 109 cm³/mol. The lowest BCUT2D eigenvalue weighted by molar-refractivity contribution is 0.317. The van der Waals surface area contributed by atoms with Gasteiger partial charge in [-0.3, -0.25) is 14.5 Å². The number of halogens is 2. The number of H-pyrrole nitrogens is 2. The highest BCUT2D eigenvalue weighted by Crippen LogP contribution is 2.28. The van der Waals surface area contributed by atoms with Crippen molar-refractivity contribution in [3.8, 4) is 5.75 Å². The minimum atomic E-state index is -0.648. The molecule has 3 rings (SSSR count). The Morgan fingerprint density at radius 1 is 1.07 bits per heavy atom. The van der Waals surface area contributed by atoms with Crippen molar-refractivity contribution in [3.05, 3.63) is 84.7 Å². The van der Waals surface area contributed by atoms with Crippen LogP contribution in [0.1, 0.15) is 18.9 Å². The van der Waals surface area contributed by atoms with Crippen molar-refractivity contribution in [2.45, 2.75) is 19.9 Å². The molecular weight excluding hydrogens is 403 g/mol. The van der Waals surface area contributed by atoms with Crippen LogP contribution in [0.2, 0.25) is 10.0 Å². The molecule has 9 heteroatoms. The van der Waals surface area contributed by atoms with Gasteiger partial charge in [0.25, 0.3) is 0 Å². The molecule has 146 valence electrons. The summed E-state index contributed by atoms with van der Waals surface area (Å²) in [6.45, 7) is 2.76. The van der Waals surface area contributed by atoms with Gasteiger partial charge < -0.3 is 4.74 Å². The largest absolute Gasteiger partial charge is 0.492 e. The van der Waals surface area contributed by atoms with Crippen molar-refractivity contribution in [1.82, 2.24) is 14.5 Å². The van der Waals surface area contributed by atoms with E-state index in [1.807, 2.05) is 6.92 Å². The van der Waals surface area contributed by atoms with Crippen molar-refractivity contribution in [2.24, 2.45) is 4.99 Å². The van der Waals surface area contributed by atoms with Gasteiger partial charge in [-0.15, -0.1) is 0 Å². The lowest BCUT2D eigenvalue weighted by Crippen LogP contribution is -2.44. The minimum absolute atomic E-state index is 0.0991. The summed E-state index contributed by atoms with van der Waals surface area (Å²) in [6.07, 6.45) is 0.862. The van der Waals surface area contributed by atoms with E-state index < -0.39 is 11.4 Å². The Morgan fingerprint density at radius 3 is 2.50 bits per heavy atom. The number of aromatic nitrogens is 3. The Morgan fingerprint density at radius 2 is 1.82 bits per heavy atom. The molecule has 0 amide bonds. The number of aromatic amines is 2. The topological polar surface area (TPSA) is 92.2 Å². The maximum Gasteiger partial charge on any atom is 0.332 e. The highest BCUT2D eigenvalue weighted by Gasteiger charge is 2.06. The molecule has 0 bridgehead atoms. The molecule has 0 fully saturated rings. The Kier molecular flexibility index (Phi) is 6.38. The zero-order chi connectivity index (χ0) is 20.1. The Bertz CT molecular complexity index is 1150. The van der Waals surface area contributed by atoms with Crippen molar-refractivity contribution in [1.29, 1.82) is 0 Å². The van der Waals surface area contributed by atoms with Gasteiger partial charge in [-0.2, -0.15) is 0 Å². The summed E-state index contributed by atoms with van der Waals surface area (Å²) in [5.74, 6) is 0.552. The van der Waals surface area contributed by atoms with E-state index in [2.05, 4.69) is 15.0 Å². The van der Waals surface area contributed by atoms with Gasteiger partial charge in [0, 0.05) is 5.02 Å². The van der Waals surface area contributed by atoms with Crippen LogP contribution in [-0.4, -0.2) is 21.1 Å².